The predicted octanol–water partition coefficient (Wildman–Crippen LogP) is 1.41. The summed E-state index contributed by atoms with van der Waals surface area (Å²) in [4.78, 5) is 14.1. The topological polar surface area (TPSA) is 76.2 Å². The molecule has 1 aromatic heterocycles. The molecule has 3 N–H and O–H groups in total. The van der Waals surface area contributed by atoms with Crippen LogP contribution < -0.4 is 5.73 Å². The number of carbonyl (C=O) groups is 1. The van der Waals surface area contributed by atoms with Crippen LogP contribution in [0.15, 0.2) is 6.20 Å². The van der Waals surface area contributed by atoms with Crippen molar-refractivity contribution >= 4 is 5.97 Å². The first-order chi connectivity index (χ1) is 7.47. The molecule has 0 saturated heterocycles. The van der Waals surface area contributed by atoms with Crippen LogP contribution in [0.5, 0.6) is 0 Å². The molecule has 6 heteroatoms. The molecule has 0 aliphatic carbocycles. The fraction of sp³-hybridized carbons (Fsp3) is 0.400. The zero-order chi connectivity index (χ0) is 12.3. The van der Waals surface area contributed by atoms with Crippen LogP contribution in [0.4, 0.5) is 8.78 Å². The highest BCUT2D eigenvalue weighted by Crippen LogP contribution is 2.24. The molecule has 1 heterocycles. The molecular formula is C10H12F2N2O2. The molecule has 0 bridgehead atoms. The number of carboxylic acids is 1. The number of aromatic nitrogens is 1. The van der Waals surface area contributed by atoms with E-state index in [1.54, 1.807) is 6.92 Å². The lowest BCUT2D eigenvalue weighted by atomic mass is 10.0. The fourth-order valence-electron chi connectivity index (χ4n) is 1.49. The van der Waals surface area contributed by atoms with Crippen LogP contribution in [-0.2, 0) is 17.8 Å². The van der Waals surface area contributed by atoms with Crippen molar-refractivity contribution in [3.05, 3.63) is 28.6 Å². The zero-order valence-electron chi connectivity index (χ0n) is 8.70. The summed E-state index contributed by atoms with van der Waals surface area (Å²) in [6, 6.07) is 0. The Kier molecular flexibility index (Phi) is 3.89. The third-order valence-corrected chi connectivity index (χ3v) is 2.36. The van der Waals surface area contributed by atoms with Crippen molar-refractivity contribution in [1.82, 2.24) is 4.98 Å². The van der Waals surface area contributed by atoms with Crippen LogP contribution in [-0.4, -0.2) is 16.1 Å². The molecule has 16 heavy (non-hydrogen) atoms. The Hall–Kier alpha value is -1.56. The quantitative estimate of drug-likeness (QED) is 0.820. The molecule has 1 rings (SSSR count). The molecule has 0 spiro atoms. The first-order valence-corrected chi connectivity index (χ1v) is 4.64. The molecule has 88 valence electrons. The van der Waals surface area contributed by atoms with Crippen LogP contribution in [0.1, 0.15) is 28.8 Å². The average Bonchev–Trinajstić information content (AvgIpc) is 2.19. The molecule has 0 fully saturated rings. The Morgan fingerprint density at radius 2 is 2.25 bits per heavy atom. The third kappa shape index (κ3) is 2.52. The van der Waals surface area contributed by atoms with Gasteiger partial charge in [-0.1, -0.05) is 0 Å². The van der Waals surface area contributed by atoms with E-state index in [1.807, 2.05) is 0 Å². The smallest absolute Gasteiger partial charge is 0.307 e. The van der Waals surface area contributed by atoms with Crippen LogP contribution in [0.25, 0.3) is 0 Å². The summed E-state index contributed by atoms with van der Waals surface area (Å²) in [5.74, 6) is -1.03. The van der Waals surface area contributed by atoms with E-state index in [9.17, 15) is 13.6 Å². The second kappa shape index (κ2) is 4.98. The van der Waals surface area contributed by atoms with Crippen molar-refractivity contribution in [2.24, 2.45) is 5.73 Å². The van der Waals surface area contributed by atoms with Gasteiger partial charge in [0.2, 0.25) is 0 Å². The Morgan fingerprint density at radius 3 is 2.69 bits per heavy atom. The summed E-state index contributed by atoms with van der Waals surface area (Å²) < 4.78 is 25.1. The Morgan fingerprint density at radius 1 is 1.62 bits per heavy atom. The number of hydrogen-bond donors (Lipinski definition) is 2. The zero-order valence-corrected chi connectivity index (χ0v) is 8.70. The number of pyridine rings is 1. The monoisotopic (exact) mass is 230 g/mol. The molecule has 0 amide bonds. The van der Waals surface area contributed by atoms with E-state index in [2.05, 4.69) is 4.98 Å². The van der Waals surface area contributed by atoms with Crippen molar-refractivity contribution in [3.63, 3.8) is 0 Å². The maximum absolute atomic E-state index is 12.6. The standard InChI is InChI=1S/C10H12F2N2O2/c1-5-6(2-8(15)16)4-14-9(10(11)12)7(5)3-13/h4,10H,2-3,13H2,1H3,(H,15,16). The lowest BCUT2D eigenvalue weighted by molar-refractivity contribution is -0.136. The second-order valence-corrected chi connectivity index (χ2v) is 3.35. The lowest BCUT2D eigenvalue weighted by Gasteiger charge is -2.12. The molecule has 0 aromatic carbocycles. The van der Waals surface area contributed by atoms with Gasteiger partial charge in [-0.05, 0) is 23.6 Å². The van der Waals surface area contributed by atoms with Gasteiger partial charge in [0.25, 0.3) is 6.43 Å². The number of carboxylic acid groups (broad SMARTS) is 1. The summed E-state index contributed by atoms with van der Waals surface area (Å²) >= 11 is 0. The minimum atomic E-state index is -2.70. The Balaban J connectivity index is 3.23. The van der Waals surface area contributed by atoms with Crippen molar-refractivity contribution in [2.75, 3.05) is 0 Å². The molecule has 4 nitrogen and oxygen atoms in total. The SMILES string of the molecule is Cc1c(CC(=O)O)cnc(C(F)F)c1CN. The van der Waals surface area contributed by atoms with Gasteiger partial charge in [0.05, 0.1) is 6.42 Å². The molecule has 0 radical (unpaired) electrons. The molecule has 0 atom stereocenters. The van der Waals surface area contributed by atoms with Gasteiger partial charge in [-0.15, -0.1) is 0 Å². The molecule has 0 unspecified atom stereocenters. The predicted molar refractivity (Wildman–Crippen MR) is 53.2 cm³/mol. The van der Waals surface area contributed by atoms with Gasteiger partial charge < -0.3 is 10.8 Å². The fourth-order valence-corrected chi connectivity index (χ4v) is 1.49. The van der Waals surface area contributed by atoms with Crippen LogP contribution in [0.2, 0.25) is 0 Å². The highest BCUT2D eigenvalue weighted by molar-refractivity contribution is 5.70. The summed E-state index contributed by atoms with van der Waals surface area (Å²) in [6.07, 6.45) is -1.77. The van der Waals surface area contributed by atoms with Crippen LogP contribution in [0.3, 0.4) is 0 Å². The van der Waals surface area contributed by atoms with Crippen molar-refractivity contribution in [2.45, 2.75) is 26.3 Å². The highest BCUT2D eigenvalue weighted by Gasteiger charge is 2.18. The average molecular weight is 230 g/mol. The first kappa shape index (κ1) is 12.5. The molecule has 0 aliphatic heterocycles. The normalized spacial score (nSPS) is 10.8. The molecule has 0 saturated carbocycles. The highest BCUT2D eigenvalue weighted by atomic mass is 19.3. The van der Waals surface area contributed by atoms with E-state index >= 15 is 0 Å². The molecule has 0 aliphatic rings. The van der Waals surface area contributed by atoms with Gasteiger partial charge in [-0.3, -0.25) is 9.78 Å². The second-order valence-electron chi connectivity index (χ2n) is 3.35. The van der Waals surface area contributed by atoms with Gasteiger partial charge in [0, 0.05) is 12.7 Å². The summed E-state index contributed by atoms with van der Waals surface area (Å²) in [7, 11) is 0. The lowest BCUT2D eigenvalue weighted by Crippen LogP contribution is -2.11. The van der Waals surface area contributed by atoms with E-state index in [0.29, 0.717) is 11.1 Å². The van der Waals surface area contributed by atoms with Crippen molar-refractivity contribution in [3.8, 4) is 0 Å². The first-order valence-electron chi connectivity index (χ1n) is 4.64. The minimum Gasteiger partial charge on any atom is -0.481 e. The number of aliphatic carboxylic acids is 1. The Bertz CT molecular complexity index is 408. The summed E-state index contributed by atoms with van der Waals surface area (Å²) in [5, 5.41) is 8.63. The molecular weight excluding hydrogens is 218 g/mol. The van der Waals surface area contributed by atoms with Gasteiger partial charge in [0.15, 0.2) is 0 Å². The maximum atomic E-state index is 12.6. The van der Waals surface area contributed by atoms with E-state index in [4.69, 9.17) is 10.8 Å². The van der Waals surface area contributed by atoms with E-state index in [1.165, 1.54) is 6.20 Å². The number of nitrogens with zero attached hydrogens (tertiary/aromatic N) is 1. The Labute approximate surface area is 91.1 Å². The van der Waals surface area contributed by atoms with Gasteiger partial charge >= 0.3 is 5.97 Å². The summed E-state index contributed by atoms with van der Waals surface area (Å²) in [6.45, 7) is 1.50. The van der Waals surface area contributed by atoms with Gasteiger partial charge in [0.1, 0.15) is 5.69 Å². The van der Waals surface area contributed by atoms with E-state index in [-0.39, 0.29) is 24.2 Å². The maximum Gasteiger partial charge on any atom is 0.307 e. The minimum absolute atomic E-state index is 0.0774. The van der Waals surface area contributed by atoms with Gasteiger partial charge in [-0.2, -0.15) is 0 Å². The van der Waals surface area contributed by atoms with Crippen LogP contribution in [0, 0.1) is 6.92 Å². The number of rotatable bonds is 4. The number of nitrogens with two attached hydrogens (primary N) is 1. The van der Waals surface area contributed by atoms with Crippen molar-refractivity contribution < 1.29 is 18.7 Å². The van der Waals surface area contributed by atoms with E-state index in [0.717, 1.165) is 0 Å². The molecule has 1 aromatic rings. The third-order valence-electron chi connectivity index (χ3n) is 2.36. The van der Waals surface area contributed by atoms with E-state index < -0.39 is 12.4 Å². The number of halogens is 2. The van der Waals surface area contributed by atoms with Gasteiger partial charge in [-0.25, -0.2) is 8.78 Å². The van der Waals surface area contributed by atoms with Crippen LogP contribution >= 0.6 is 0 Å². The summed E-state index contributed by atoms with van der Waals surface area (Å²) in [5.41, 5.74) is 6.13. The largest absolute Gasteiger partial charge is 0.481 e. The van der Waals surface area contributed by atoms with Crippen molar-refractivity contribution in [1.29, 1.82) is 0 Å². The number of hydrogen-bond acceptors (Lipinski definition) is 3. The number of alkyl halides is 2.